The molecule has 0 bridgehead atoms. The fourth-order valence-corrected chi connectivity index (χ4v) is 3.41. The standard InChI is InChI=1S/C19H23F2N3O/c1-10-8-14(19(25)22-13-6-7-13)17-15(9-10)23-18(24(17,4)5)16(11(2)20)12(3)21/h8-9,11,13H,6-7H2,1-5H3/p+1. The molecule has 6 heteroatoms. The molecule has 0 saturated heterocycles. The van der Waals surface area contributed by atoms with Crippen molar-refractivity contribution < 1.29 is 13.6 Å². The highest BCUT2D eigenvalue weighted by Gasteiger charge is 2.44. The molecule has 2 aliphatic rings. The number of quaternary nitrogens is 1. The third-order valence-electron chi connectivity index (χ3n) is 4.72. The van der Waals surface area contributed by atoms with Gasteiger partial charge in [0.15, 0.2) is 5.69 Å². The number of rotatable bonds is 4. The number of likely N-dealkylation sites (N-methyl/N-ethyl adjacent to an activating group) is 1. The van der Waals surface area contributed by atoms with Crippen molar-refractivity contribution in [3.63, 3.8) is 0 Å². The van der Waals surface area contributed by atoms with Crippen LogP contribution in [0.3, 0.4) is 0 Å². The van der Waals surface area contributed by atoms with Crippen LogP contribution in [0.25, 0.3) is 0 Å². The number of benzene rings is 1. The smallest absolute Gasteiger partial charge is 0.257 e. The Bertz CT molecular complexity index is 801. The van der Waals surface area contributed by atoms with Crippen LogP contribution in [0.1, 0.15) is 42.6 Å². The van der Waals surface area contributed by atoms with Gasteiger partial charge in [-0.1, -0.05) is 0 Å². The van der Waals surface area contributed by atoms with E-state index in [-0.39, 0.29) is 22.0 Å². The second-order valence-electron chi connectivity index (χ2n) is 7.38. The summed E-state index contributed by atoms with van der Waals surface area (Å²) in [5, 5.41) is 2.99. The summed E-state index contributed by atoms with van der Waals surface area (Å²) in [6.07, 6.45) is 0.500. The molecule has 134 valence electrons. The number of hydrogen-bond acceptors (Lipinski definition) is 2. The maximum absolute atomic E-state index is 14.1. The summed E-state index contributed by atoms with van der Waals surface area (Å²) >= 11 is 0. The number of alkyl halides is 1. The summed E-state index contributed by atoms with van der Waals surface area (Å²) in [6.45, 7) is 4.43. The molecule has 1 N–H and O–H groups in total. The summed E-state index contributed by atoms with van der Waals surface area (Å²) in [6, 6.07) is 3.90. The molecule has 1 amide bonds. The molecule has 1 aliphatic heterocycles. The van der Waals surface area contributed by atoms with Gasteiger partial charge < -0.3 is 5.32 Å². The number of fused-ring (bicyclic) bond motifs is 1. The van der Waals surface area contributed by atoms with Crippen molar-refractivity contribution in [3.8, 4) is 0 Å². The number of amides is 1. The number of nitrogens with zero attached hydrogens (tertiary/aromatic N) is 2. The van der Waals surface area contributed by atoms with E-state index in [0.717, 1.165) is 18.4 Å². The molecular formula is C19H24F2N3O+. The van der Waals surface area contributed by atoms with E-state index in [2.05, 4.69) is 10.3 Å². The monoisotopic (exact) mass is 348 g/mol. The molecule has 0 aromatic heterocycles. The average molecular weight is 348 g/mol. The summed E-state index contributed by atoms with van der Waals surface area (Å²) in [5.74, 6) is -0.439. The molecule has 1 unspecified atom stereocenters. The second kappa shape index (κ2) is 6.02. The Balaban J connectivity index is 2.13. The van der Waals surface area contributed by atoms with Crippen molar-refractivity contribution in [2.45, 2.75) is 45.8 Å². The highest BCUT2D eigenvalue weighted by Crippen LogP contribution is 2.44. The maximum atomic E-state index is 14.1. The van der Waals surface area contributed by atoms with Gasteiger partial charge in [0.2, 0.25) is 5.84 Å². The largest absolute Gasteiger partial charge is 0.349 e. The summed E-state index contributed by atoms with van der Waals surface area (Å²) < 4.78 is 28.1. The van der Waals surface area contributed by atoms with Crippen LogP contribution in [0.15, 0.2) is 28.5 Å². The van der Waals surface area contributed by atoms with Crippen molar-refractivity contribution in [2.75, 3.05) is 14.1 Å². The molecule has 3 rings (SSSR count). The first-order valence-corrected chi connectivity index (χ1v) is 8.53. The minimum absolute atomic E-state index is 0.0356. The van der Waals surface area contributed by atoms with Gasteiger partial charge in [-0.3, -0.25) is 4.79 Å². The number of carbonyl (C=O) groups is 1. The Labute approximate surface area is 146 Å². The van der Waals surface area contributed by atoms with Crippen molar-refractivity contribution in [3.05, 3.63) is 34.7 Å². The van der Waals surface area contributed by atoms with Crippen LogP contribution in [0.4, 0.5) is 20.2 Å². The topological polar surface area (TPSA) is 41.5 Å². The number of aliphatic imine (C=N–C) groups is 1. The van der Waals surface area contributed by atoms with Gasteiger partial charge in [0.05, 0.1) is 19.7 Å². The van der Waals surface area contributed by atoms with Gasteiger partial charge in [0.1, 0.15) is 23.2 Å². The normalized spacial score (nSPS) is 20.5. The molecule has 1 saturated carbocycles. The SMILES string of the molecule is CC(F)=C(C1=Nc2cc(C)cc(C(=O)NC3CC3)c2[N+]1(C)C)C(C)F. The molecular weight excluding hydrogens is 324 g/mol. The number of halogens is 2. The van der Waals surface area contributed by atoms with Gasteiger partial charge in [0, 0.05) is 6.04 Å². The quantitative estimate of drug-likeness (QED) is 0.818. The van der Waals surface area contributed by atoms with Crippen LogP contribution in [0.2, 0.25) is 0 Å². The molecule has 1 aliphatic carbocycles. The molecule has 1 heterocycles. The van der Waals surface area contributed by atoms with Crippen LogP contribution in [-0.4, -0.2) is 38.1 Å². The Kier molecular flexibility index (Phi) is 4.27. The van der Waals surface area contributed by atoms with Crippen LogP contribution >= 0.6 is 0 Å². The number of aryl methyl sites for hydroxylation is 1. The van der Waals surface area contributed by atoms with Crippen LogP contribution in [0, 0.1) is 6.92 Å². The lowest BCUT2D eigenvalue weighted by Crippen LogP contribution is -2.47. The number of hydrogen-bond donors (Lipinski definition) is 1. The number of nitrogens with one attached hydrogen (secondary N) is 1. The molecule has 1 aromatic carbocycles. The Morgan fingerprint density at radius 3 is 2.52 bits per heavy atom. The van der Waals surface area contributed by atoms with E-state index in [1.54, 1.807) is 14.1 Å². The minimum atomic E-state index is -1.49. The van der Waals surface area contributed by atoms with E-state index in [1.165, 1.54) is 13.8 Å². The predicted octanol–water partition coefficient (Wildman–Crippen LogP) is 4.10. The zero-order valence-electron chi connectivity index (χ0n) is 15.3. The van der Waals surface area contributed by atoms with Gasteiger partial charge in [-0.15, -0.1) is 0 Å². The highest BCUT2D eigenvalue weighted by molar-refractivity contribution is 6.16. The molecule has 1 fully saturated rings. The number of amidine groups is 1. The Morgan fingerprint density at radius 1 is 1.36 bits per heavy atom. The summed E-state index contributed by atoms with van der Waals surface area (Å²) in [5.41, 5.74) is 2.64. The lowest BCUT2D eigenvalue weighted by Gasteiger charge is -2.28. The zero-order valence-corrected chi connectivity index (χ0v) is 15.3. The number of carbonyl (C=O) groups excluding carboxylic acids is 1. The minimum Gasteiger partial charge on any atom is -0.349 e. The summed E-state index contributed by atoms with van der Waals surface area (Å²) in [7, 11) is 3.61. The van der Waals surface area contributed by atoms with Crippen molar-refractivity contribution in [1.29, 1.82) is 0 Å². The summed E-state index contributed by atoms with van der Waals surface area (Å²) in [4.78, 5) is 17.2. The molecule has 0 radical (unpaired) electrons. The van der Waals surface area contributed by atoms with Crippen molar-refractivity contribution in [2.24, 2.45) is 4.99 Å². The molecule has 25 heavy (non-hydrogen) atoms. The van der Waals surface area contributed by atoms with Crippen LogP contribution < -0.4 is 9.80 Å². The third kappa shape index (κ3) is 3.11. The first kappa shape index (κ1) is 17.7. The van der Waals surface area contributed by atoms with E-state index in [9.17, 15) is 13.6 Å². The van der Waals surface area contributed by atoms with Gasteiger partial charge in [-0.25, -0.2) is 13.3 Å². The third-order valence-corrected chi connectivity index (χ3v) is 4.72. The zero-order chi connectivity index (χ0) is 18.5. The van der Waals surface area contributed by atoms with Crippen molar-refractivity contribution >= 4 is 23.1 Å². The first-order valence-electron chi connectivity index (χ1n) is 8.53. The van der Waals surface area contributed by atoms with Gasteiger partial charge in [-0.2, -0.15) is 4.99 Å². The van der Waals surface area contributed by atoms with Crippen LogP contribution in [0.5, 0.6) is 0 Å². The highest BCUT2D eigenvalue weighted by atomic mass is 19.1. The maximum Gasteiger partial charge on any atom is 0.257 e. The van der Waals surface area contributed by atoms with Gasteiger partial charge >= 0.3 is 0 Å². The average Bonchev–Trinajstić information content (AvgIpc) is 3.24. The predicted molar refractivity (Wildman–Crippen MR) is 96.8 cm³/mol. The second-order valence-corrected chi connectivity index (χ2v) is 7.38. The first-order chi connectivity index (χ1) is 11.6. The van der Waals surface area contributed by atoms with E-state index >= 15 is 0 Å². The van der Waals surface area contributed by atoms with Gasteiger partial charge in [-0.05, 0) is 51.3 Å². The fourth-order valence-electron chi connectivity index (χ4n) is 3.41. The van der Waals surface area contributed by atoms with Crippen LogP contribution in [-0.2, 0) is 0 Å². The Hall–Kier alpha value is -2.08. The Morgan fingerprint density at radius 2 is 2.00 bits per heavy atom. The molecule has 1 atom stereocenters. The van der Waals surface area contributed by atoms with Crippen molar-refractivity contribution in [1.82, 2.24) is 9.80 Å². The van der Waals surface area contributed by atoms with E-state index in [1.807, 2.05) is 19.1 Å². The van der Waals surface area contributed by atoms with E-state index in [0.29, 0.717) is 22.8 Å². The number of allylic oxidation sites excluding steroid dienone is 1. The van der Waals surface area contributed by atoms with E-state index in [4.69, 9.17) is 0 Å². The van der Waals surface area contributed by atoms with Gasteiger partial charge in [0.25, 0.3) is 5.91 Å². The molecule has 1 aromatic rings. The molecule has 4 nitrogen and oxygen atoms in total. The van der Waals surface area contributed by atoms with E-state index < -0.39 is 12.0 Å². The molecule has 0 spiro atoms. The fraction of sp³-hybridized carbons (Fsp3) is 0.474. The lowest BCUT2D eigenvalue weighted by atomic mass is 10.0. The lowest BCUT2D eigenvalue weighted by molar-refractivity contribution is 0.0950.